The Morgan fingerprint density at radius 3 is 1.20 bits per heavy atom. The van der Waals surface area contributed by atoms with Gasteiger partial charge in [0.2, 0.25) is 0 Å². The number of para-hydroxylation sites is 3. The molecule has 9 aromatic rings. The van der Waals surface area contributed by atoms with Crippen molar-refractivity contribution in [1.29, 1.82) is 0 Å². The van der Waals surface area contributed by atoms with Crippen molar-refractivity contribution in [2.24, 2.45) is 0 Å². The first-order chi connectivity index (χ1) is 29.0. The fourth-order valence-electron chi connectivity index (χ4n) is 9.66. The van der Waals surface area contributed by atoms with Crippen molar-refractivity contribution in [1.82, 2.24) is 0 Å². The van der Waals surface area contributed by atoms with E-state index in [-0.39, 0.29) is 5.41 Å². The number of hydrogen-bond donors (Lipinski definition) is 0. The van der Waals surface area contributed by atoms with Gasteiger partial charge >= 0.3 is 0 Å². The van der Waals surface area contributed by atoms with Crippen molar-refractivity contribution in [3.05, 3.63) is 205 Å². The van der Waals surface area contributed by atoms with Gasteiger partial charge in [-0.05, 0) is 130 Å². The summed E-state index contributed by atoms with van der Waals surface area (Å²) in [6.45, 7) is 4.67. The molecule has 0 aromatic heterocycles. The smallest absolute Gasteiger partial charge is 0.137 e. The van der Waals surface area contributed by atoms with Crippen LogP contribution >= 0.6 is 0 Å². The minimum Gasteiger partial charge on any atom is -0.456 e. The molecule has 0 spiro atoms. The molecule has 1 aliphatic carbocycles. The molecule has 0 N–H and O–H groups in total. The molecule has 2 heterocycles. The zero-order valence-corrected chi connectivity index (χ0v) is 32.7. The third-order valence-corrected chi connectivity index (χ3v) is 12.4. The molecule has 0 bridgehead atoms. The normalized spacial score (nSPS) is 13.3. The first-order valence-electron chi connectivity index (χ1n) is 20.3. The van der Waals surface area contributed by atoms with Gasteiger partial charge in [-0.2, -0.15) is 0 Å². The quantitative estimate of drug-likeness (QED) is 0.169. The second kappa shape index (κ2) is 12.7. The zero-order valence-electron chi connectivity index (χ0n) is 32.7. The Morgan fingerprint density at radius 2 is 0.695 bits per heavy atom. The Balaban J connectivity index is 0.945. The molecule has 0 unspecified atom stereocenters. The summed E-state index contributed by atoms with van der Waals surface area (Å²) in [5, 5.41) is 2.15. The molecular formula is C55H38N2O2. The van der Waals surface area contributed by atoms with E-state index in [0.29, 0.717) is 0 Å². The third-order valence-electron chi connectivity index (χ3n) is 12.4. The number of benzene rings is 9. The van der Waals surface area contributed by atoms with Crippen molar-refractivity contribution in [3.63, 3.8) is 0 Å². The van der Waals surface area contributed by atoms with Crippen LogP contribution in [0.15, 0.2) is 194 Å². The largest absolute Gasteiger partial charge is 0.456 e. The first-order valence-corrected chi connectivity index (χ1v) is 20.3. The predicted molar refractivity (Wildman–Crippen MR) is 242 cm³/mol. The average Bonchev–Trinajstić information content (AvgIpc) is 3.51. The third kappa shape index (κ3) is 5.09. The molecule has 12 rings (SSSR count). The summed E-state index contributed by atoms with van der Waals surface area (Å²) >= 11 is 0. The Bertz CT molecular complexity index is 3100. The second-order valence-corrected chi connectivity index (χ2v) is 16.1. The van der Waals surface area contributed by atoms with Gasteiger partial charge in [-0.3, -0.25) is 0 Å². The summed E-state index contributed by atoms with van der Waals surface area (Å²) in [4.78, 5) is 4.61. The molecule has 280 valence electrons. The maximum Gasteiger partial charge on any atom is 0.137 e. The summed E-state index contributed by atoms with van der Waals surface area (Å²) in [6.07, 6.45) is 0. The highest BCUT2D eigenvalue weighted by atomic mass is 16.5. The summed E-state index contributed by atoms with van der Waals surface area (Å²) < 4.78 is 13.7. The predicted octanol–water partition coefficient (Wildman–Crippen LogP) is 15.6. The molecule has 0 atom stereocenters. The first kappa shape index (κ1) is 33.6. The van der Waals surface area contributed by atoms with Crippen molar-refractivity contribution in [2.75, 3.05) is 9.80 Å². The summed E-state index contributed by atoms with van der Waals surface area (Å²) in [7, 11) is 0. The van der Waals surface area contributed by atoms with E-state index < -0.39 is 0 Å². The molecule has 2 aliphatic heterocycles. The second-order valence-electron chi connectivity index (χ2n) is 16.1. The number of hydrogen-bond acceptors (Lipinski definition) is 4. The molecule has 59 heavy (non-hydrogen) atoms. The summed E-state index contributed by atoms with van der Waals surface area (Å²) in [6, 6.07) is 69.1. The Morgan fingerprint density at radius 1 is 0.305 bits per heavy atom. The molecule has 0 fully saturated rings. The highest BCUT2D eigenvalue weighted by Crippen LogP contribution is 2.57. The van der Waals surface area contributed by atoms with E-state index >= 15 is 0 Å². The van der Waals surface area contributed by atoms with Gasteiger partial charge in [0.15, 0.2) is 0 Å². The van der Waals surface area contributed by atoms with Crippen LogP contribution in [0.5, 0.6) is 23.0 Å². The molecule has 4 nitrogen and oxygen atoms in total. The maximum atomic E-state index is 6.89. The van der Waals surface area contributed by atoms with Crippen LogP contribution in [-0.2, 0) is 5.41 Å². The molecular weight excluding hydrogens is 721 g/mol. The number of ether oxygens (including phenoxy) is 2. The molecule has 0 saturated heterocycles. The highest BCUT2D eigenvalue weighted by molar-refractivity contribution is 6.14. The standard InChI is InChI=1S/C55H38N2O2/c1-55(2)47-21-13-12-20-41(47)42-25-22-38(32-48(42)55)57(37-18-10-5-11-19-37)40-24-27-44-46-29-30-49-53-45(28-31-50(54(46)53)59-52(44)34-40)43-26-23-39(33-51(43)58-49)56(35-14-6-3-7-15-35)36-16-8-4-9-17-36/h3-34H,1-2H3. The van der Waals surface area contributed by atoms with Gasteiger partial charge < -0.3 is 19.3 Å². The lowest BCUT2D eigenvalue weighted by Gasteiger charge is -2.31. The highest BCUT2D eigenvalue weighted by Gasteiger charge is 2.36. The van der Waals surface area contributed by atoms with Gasteiger partial charge in [0.1, 0.15) is 23.0 Å². The van der Waals surface area contributed by atoms with Gasteiger partial charge in [-0.1, -0.05) is 98.8 Å². The molecule has 0 amide bonds. The number of fused-ring (bicyclic) bond motifs is 7. The Labute approximate surface area is 343 Å². The van der Waals surface area contributed by atoms with Crippen LogP contribution in [0.3, 0.4) is 0 Å². The van der Waals surface area contributed by atoms with Crippen LogP contribution in [0.2, 0.25) is 0 Å². The molecule has 3 aliphatic rings. The summed E-state index contributed by atoms with van der Waals surface area (Å²) in [5.74, 6) is 3.32. The molecule has 9 aromatic carbocycles. The lowest BCUT2D eigenvalue weighted by Crippen LogP contribution is -2.16. The van der Waals surface area contributed by atoms with E-state index in [1.807, 2.05) is 12.1 Å². The monoisotopic (exact) mass is 758 g/mol. The summed E-state index contributed by atoms with van der Waals surface area (Å²) in [5.41, 5.74) is 16.1. The van der Waals surface area contributed by atoms with Crippen LogP contribution in [0.1, 0.15) is 25.0 Å². The van der Waals surface area contributed by atoms with Crippen molar-refractivity contribution < 1.29 is 9.47 Å². The van der Waals surface area contributed by atoms with E-state index in [1.54, 1.807) is 0 Å². The number of anilines is 6. The van der Waals surface area contributed by atoms with Crippen LogP contribution in [0.25, 0.3) is 44.2 Å². The lowest BCUT2D eigenvalue weighted by molar-refractivity contribution is 0.480. The van der Waals surface area contributed by atoms with Crippen LogP contribution < -0.4 is 19.3 Å². The topological polar surface area (TPSA) is 24.9 Å². The minimum atomic E-state index is -0.108. The van der Waals surface area contributed by atoms with Gasteiger partial charge in [-0.15, -0.1) is 0 Å². The van der Waals surface area contributed by atoms with Crippen molar-refractivity contribution >= 4 is 44.9 Å². The molecule has 0 saturated carbocycles. The van der Waals surface area contributed by atoms with Crippen molar-refractivity contribution in [2.45, 2.75) is 19.3 Å². The lowest BCUT2D eigenvalue weighted by atomic mass is 9.82. The number of nitrogens with zero attached hydrogens (tertiary/aromatic N) is 2. The van der Waals surface area contributed by atoms with Crippen LogP contribution in [0, 0.1) is 0 Å². The van der Waals surface area contributed by atoms with E-state index in [0.717, 1.165) is 90.1 Å². The number of rotatable bonds is 6. The van der Waals surface area contributed by atoms with Gasteiger partial charge in [-0.25, -0.2) is 0 Å². The zero-order chi connectivity index (χ0) is 39.2. The molecule has 0 radical (unpaired) electrons. The van der Waals surface area contributed by atoms with Crippen LogP contribution in [-0.4, -0.2) is 0 Å². The average molecular weight is 759 g/mol. The van der Waals surface area contributed by atoms with E-state index in [4.69, 9.17) is 9.47 Å². The minimum absolute atomic E-state index is 0.108. The van der Waals surface area contributed by atoms with E-state index in [9.17, 15) is 0 Å². The Kier molecular flexibility index (Phi) is 7.24. The molecule has 4 heteroatoms. The van der Waals surface area contributed by atoms with Gasteiger partial charge in [0, 0.05) is 73.6 Å². The SMILES string of the molecule is CC1(C)c2ccccc2-c2ccc(N(c3ccccc3)c3ccc4c(c3)Oc3ccc5c6c(ccc-4c36)Oc3cc(N(c4ccccc4)c4ccccc4)ccc3-5)cc21. The fraction of sp³-hybridized carbons (Fsp3) is 0.0545. The van der Waals surface area contributed by atoms with Gasteiger partial charge in [0.25, 0.3) is 0 Å². The fourth-order valence-corrected chi connectivity index (χ4v) is 9.66. The van der Waals surface area contributed by atoms with Gasteiger partial charge in [0.05, 0.1) is 0 Å². The van der Waals surface area contributed by atoms with Crippen molar-refractivity contribution in [3.8, 4) is 56.4 Å². The van der Waals surface area contributed by atoms with Crippen LogP contribution in [0.4, 0.5) is 34.1 Å². The maximum absolute atomic E-state index is 6.89. The Hall–Kier alpha value is -7.56. The van der Waals surface area contributed by atoms with E-state index in [2.05, 4.69) is 206 Å². The van der Waals surface area contributed by atoms with E-state index in [1.165, 1.54) is 22.3 Å².